The summed E-state index contributed by atoms with van der Waals surface area (Å²) in [5, 5.41) is 8.57. The van der Waals surface area contributed by atoms with Gasteiger partial charge in [0.15, 0.2) is 0 Å². The summed E-state index contributed by atoms with van der Waals surface area (Å²) in [6.45, 7) is 8.53. The number of carboxylic acid groups (broad SMARTS) is 1. The SMILES string of the molecule is CCCCN(CC)C(C)CCC(=O)O. The maximum Gasteiger partial charge on any atom is 0.303 e. The standard InChI is InChI=1S/C11H23NO2/c1-4-6-9-12(5-2)10(3)7-8-11(13)14/h10H,4-9H2,1-3H3,(H,13,14). The van der Waals surface area contributed by atoms with Crippen LogP contribution in [0.3, 0.4) is 0 Å². The molecule has 1 N–H and O–H groups in total. The summed E-state index contributed by atoms with van der Waals surface area (Å²) in [6, 6.07) is 0.391. The van der Waals surface area contributed by atoms with Gasteiger partial charge in [-0.3, -0.25) is 4.79 Å². The highest BCUT2D eigenvalue weighted by atomic mass is 16.4. The van der Waals surface area contributed by atoms with Crippen molar-refractivity contribution in [2.75, 3.05) is 13.1 Å². The summed E-state index contributed by atoms with van der Waals surface area (Å²) in [5.74, 6) is -0.691. The number of hydrogen-bond acceptors (Lipinski definition) is 2. The fourth-order valence-corrected chi connectivity index (χ4v) is 1.57. The second kappa shape index (κ2) is 7.80. The van der Waals surface area contributed by atoms with Crippen LogP contribution in [0.15, 0.2) is 0 Å². The van der Waals surface area contributed by atoms with Crippen molar-refractivity contribution in [1.29, 1.82) is 0 Å². The van der Waals surface area contributed by atoms with E-state index in [1.807, 2.05) is 0 Å². The molecule has 0 saturated heterocycles. The average molecular weight is 201 g/mol. The molecule has 0 aliphatic carbocycles. The van der Waals surface area contributed by atoms with Crippen molar-refractivity contribution in [1.82, 2.24) is 4.90 Å². The Labute approximate surface area is 87.1 Å². The minimum atomic E-state index is -0.691. The normalized spacial score (nSPS) is 13.1. The zero-order chi connectivity index (χ0) is 11.0. The molecule has 0 heterocycles. The summed E-state index contributed by atoms with van der Waals surface area (Å²) in [7, 11) is 0. The highest BCUT2D eigenvalue weighted by Gasteiger charge is 2.12. The quantitative estimate of drug-likeness (QED) is 0.655. The summed E-state index contributed by atoms with van der Waals surface area (Å²) in [6.07, 6.45) is 3.43. The largest absolute Gasteiger partial charge is 0.481 e. The molecule has 84 valence electrons. The molecule has 0 saturated carbocycles. The summed E-state index contributed by atoms with van der Waals surface area (Å²) >= 11 is 0. The number of carboxylic acids is 1. The molecule has 0 radical (unpaired) electrons. The Bertz CT molecular complexity index is 159. The van der Waals surface area contributed by atoms with Crippen LogP contribution in [0.1, 0.15) is 46.5 Å². The third-order valence-electron chi connectivity index (χ3n) is 2.60. The van der Waals surface area contributed by atoms with Gasteiger partial charge in [-0.25, -0.2) is 0 Å². The zero-order valence-electron chi connectivity index (χ0n) is 9.62. The molecular formula is C11H23NO2. The van der Waals surface area contributed by atoms with E-state index in [2.05, 4.69) is 25.7 Å². The van der Waals surface area contributed by atoms with Crippen molar-refractivity contribution in [3.63, 3.8) is 0 Å². The number of rotatable bonds is 8. The number of nitrogens with zero attached hydrogens (tertiary/aromatic N) is 1. The van der Waals surface area contributed by atoms with Gasteiger partial charge in [-0.2, -0.15) is 0 Å². The lowest BCUT2D eigenvalue weighted by Gasteiger charge is -2.27. The average Bonchev–Trinajstić information content (AvgIpc) is 2.16. The zero-order valence-corrected chi connectivity index (χ0v) is 9.62. The third-order valence-corrected chi connectivity index (χ3v) is 2.60. The second-order valence-corrected chi connectivity index (χ2v) is 3.76. The van der Waals surface area contributed by atoms with E-state index >= 15 is 0 Å². The molecule has 0 aromatic heterocycles. The van der Waals surface area contributed by atoms with Gasteiger partial charge in [0.25, 0.3) is 0 Å². The summed E-state index contributed by atoms with van der Waals surface area (Å²) < 4.78 is 0. The molecule has 0 spiro atoms. The van der Waals surface area contributed by atoms with Gasteiger partial charge in [0.05, 0.1) is 0 Å². The smallest absolute Gasteiger partial charge is 0.303 e. The van der Waals surface area contributed by atoms with Crippen LogP contribution in [0.5, 0.6) is 0 Å². The first-order chi connectivity index (χ1) is 6.61. The molecule has 0 aromatic rings. The minimum Gasteiger partial charge on any atom is -0.481 e. The van der Waals surface area contributed by atoms with Gasteiger partial charge in [0.1, 0.15) is 0 Å². The Balaban J connectivity index is 3.78. The highest BCUT2D eigenvalue weighted by molar-refractivity contribution is 5.66. The molecule has 3 nitrogen and oxygen atoms in total. The molecule has 0 bridgehead atoms. The Hall–Kier alpha value is -0.570. The molecule has 0 fully saturated rings. The van der Waals surface area contributed by atoms with Crippen molar-refractivity contribution in [2.24, 2.45) is 0 Å². The predicted octanol–water partition coefficient (Wildman–Crippen LogP) is 2.36. The number of carbonyl (C=O) groups is 1. The van der Waals surface area contributed by atoms with Crippen molar-refractivity contribution in [3.8, 4) is 0 Å². The molecule has 0 aromatic carbocycles. The van der Waals surface area contributed by atoms with Gasteiger partial charge in [0, 0.05) is 12.5 Å². The second-order valence-electron chi connectivity index (χ2n) is 3.76. The van der Waals surface area contributed by atoms with E-state index in [0.29, 0.717) is 6.04 Å². The Morgan fingerprint density at radius 1 is 1.43 bits per heavy atom. The van der Waals surface area contributed by atoms with Crippen molar-refractivity contribution >= 4 is 5.97 Å². The van der Waals surface area contributed by atoms with Crippen LogP contribution in [-0.2, 0) is 4.79 Å². The number of hydrogen-bond donors (Lipinski definition) is 1. The van der Waals surface area contributed by atoms with Crippen molar-refractivity contribution in [2.45, 2.75) is 52.5 Å². The molecule has 3 heteroatoms. The van der Waals surface area contributed by atoms with E-state index in [-0.39, 0.29) is 6.42 Å². The van der Waals surface area contributed by atoms with Crippen LogP contribution >= 0.6 is 0 Å². The predicted molar refractivity (Wildman–Crippen MR) is 58.5 cm³/mol. The van der Waals surface area contributed by atoms with Gasteiger partial charge in [-0.1, -0.05) is 20.3 Å². The first-order valence-corrected chi connectivity index (χ1v) is 5.57. The van der Waals surface area contributed by atoms with Crippen molar-refractivity contribution < 1.29 is 9.90 Å². The Kier molecular flexibility index (Phi) is 7.48. The molecule has 14 heavy (non-hydrogen) atoms. The molecule has 0 amide bonds. The van der Waals surface area contributed by atoms with E-state index < -0.39 is 5.97 Å². The van der Waals surface area contributed by atoms with Crippen LogP contribution in [0.25, 0.3) is 0 Å². The van der Waals surface area contributed by atoms with E-state index in [1.165, 1.54) is 12.8 Å². The third kappa shape index (κ3) is 5.97. The molecule has 1 unspecified atom stereocenters. The van der Waals surface area contributed by atoms with Gasteiger partial charge in [-0.05, 0) is 32.9 Å². The lowest BCUT2D eigenvalue weighted by molar-refractivity contribution is -0.137. The van der Waals surface area contributed by atoms with Crippen LogP contribution in [0, 0.1) is 0 Å². The van der Waals surface area contributed by atoms with Gasteiger partial charge in [-0.15, -0.1) is 0 Å². The maximum absolute atomic E-state index is 10.4. The Morgan fingerprint density at radius 3 is 2.50 bits per heavy atom. The highest BCUT2D eigenvalue weighted by Crippen LogP contribution is 2.07. The molecule has 1 atom stereocenters. The molecule has 0 aliphatic rings. The van der Waals surface area contributed by atoms with Gasteiger partial charge < -0.3 is 10.0 Å². The Morgan fingerprint density at radius 2 is 2.07 bits per heavy atom. The van der Waals surface area contributed by atoms with E-state index in [9.17, 15) is 4.79 Å². The maximum atomic E-state index is 10.4. The van der Waals surface area contributed by atoms with E-state index in [4.69, 9.17) is 5.11 Å². The van der Waals surface area contributed by atoms with Crippen LogP contribution in [0.4, 0.5) is 0 Å². The molecule has 0 aliphatic heterocycles. The number of unbranched alkanes of at least 4 members (excludes halogenated alkanes) is 1. The van der Waals surface area contributed by atoms with Crippen LogP contribution in [0.2, 0.25) is 0 Å². The topological polar surface area (TPSA) is 40.5 Å². The molecule has 0 rings (SSSR count). The fraction of sp³-hybridized carbons (Fsp3) is 0.909. The van der Waals surface area contributed by atoms with E-state index in [1.54, 1.807) is 0 Å². The van der Waals surface area contributed by atoms with Crippen LogP contribution in [-0.4, -0.2) is 35.1 Å². The van der Waals surface area contributed by atoms with Gasteiger partial charge in [0.2, 0.25) is 0 Å². The lowest BCUT2D eigenvalue weighted by Crippen LogP contribution is -2.34. The lowest BCUT2D eigenvalue weighted by atomic mass is 10.1. The monoisotopic (exact) mass is 201 g/mol. The van der Waals surface area contributed by atoms with Gasteiger partial charge >= 0.3 is 5.97 Å². The first kappa shape index (κ1) is 13.4. The molecular weight excluding hydrogens is 178 g/mol. The van der Waals surface area contributed by atoms with Crippen LogP contribution < -0.4 is 0 Å². The summed E-state index contributed by atoms with van der Waals surface area (Å²) in [5.41, 5.74) is 0. The fourth-order valence-electron chi connectivity index (χ4n) is 1.57. The minimum absolute atomic E-state index is 0.282. The number of aliphatic carboxylic acids is 1. The van der Waals surface area contributed by atoms with E-state index in [0.717, 1.165) is 19.5 Å². The van der Waals surface area contributed by atoms with Crippen molar-refractivity contribution in [3.05, 3.63) is 0 Å². The summed E-state index contributed by atoms with van der Waals surface area (Å²) in [4.78, 5) is 12.8. The first-order valence-electron chi connectivity index (χ1n) is 5.57.